The van der Waals surface area contributed by atoms with E-state index in [-0.39, 0.29) is 23.9 Å². The number of hydrogen-bond acceptors (Lipinski definition) is 4. The molecule has 0 aliphatic heterocycles. The molecule has 1 amide bonds. The van der Waals surface area contributed by atoms with Gasteiger partial charge in [0.15, 0.2) is 12.4 Å². The number of aryl methyl sites for hydroxylation is 1. The average molecular weight is 441 g/mol. The molecular weight excluding hydrogens is 425 g/mol. The number of carbonyl (C=O) groups is 1. The van der Waals surface area contributed by atoms with E-state index in [2.05, 4.69) is 15.2 Å². The molecule has 11 heteroatoms. The highest BCUT2D eigenvalue weighted by Crippen LogP contribution is 2.31. The molecule has 0 bridgehead atoms. The lowest BCUT2D eigenvalue weighted by atomic mass is 10.2. The van der Waals surface area contributed by atoms with Crippen molar-refractivity contribution in [3.8, 4) is 11.5 Å². The van der Waals surface area contributed by atoms with E-state index < -0.39 is 24.3 Å². The van der Waals surface area contributed by atoms with Crippen LogP contribution in [0.2, 0.25) is 0 Å². The molecule has 6 nitrogen and oxygen atoms in total. The zero-order chi connectivity index (χ0) is 22.6. The van der Waals surface area contributed by atoms with Gasteiger partial charge in [0.05, 0.1) is 5.56 Å². The van der Waals surface area contributed by atoms with Gasteiger partial charge in [-0.1, -0.05) is 6.07 Å². The van der Waals surface area contributed by atoms with Crippen LogP contribution < -0.4 is 14.8 Å². The number of anilines is 1. The molecule has 0 spiro atoms. The second-order valence-corrected chi connectivity index (χ2v) is 6.35. The van der Waals surface area contributed by atoms with Gasteiger partial charge in [-0.3, -0.25) is 4.79 Å². The first-order valence-electron chi connectivity index (χ1n) is 8.82. The van der Waals surface area contributed by atoms with Gasteiger partial charge in [0.25, 0.3) is 5.91 Å². The van der Waals surface area contributed by atoms with Crippen LogP contribution in [-0.2, 0) is 12.9 Å². The van der Waals surface area contributed by atoms with Crippen LogP contribution in [0.1, 0.15) is 21.6 Å². The van der Waals surface area contributed by atoms with Gasteiger partial charge in [-0.15, -0.1) is 0 Å². The summed E-state index contributed by atoms with van der Waals surface area (Å²) in [6.45, 7) is -1.56. The SMILES string of the molecule is Cc1cc(OC(F)F)ccc1NC(=O)c1ccn(COc2cccc(C(F)(F)F)c2)n1. The molecule has 0 atom stereocenters. The highest BCUT2D eigenvalue weighted by molar-refractivity contribution is 6.03. The second kappa shape index (κ2) is 9.02. The van der Waals surface area contributed by atoms with E-state index in [9.17, 15) is 26.7 Å². The quantitative estimate of drug-likeness (QED) is 0.518. The normalized spacial score (nSPS) is 11.5. The van der Waals surface area contributed by atoms with Gasteiger partial charge in [0.2, 0.25) is 0 Å². The molecular formula is C20H16F5N3O3. The Balaban J connectivity index is 1.61. The number of hydrogen-bond donors (Lipinski definition) is 1. The maximum atomic E-state index is 12.8. The van der Waals surface area contributed by atoms with Crippen LogP contribution in [-0.4, -0.2) is 22.3 Å². The third-order valence-corrected chi connectivity index (χ3v) is 4.07. The third-order valence-electron chi connectivity index (χ3n) is 4.07. The number of rotatable bonds is 7. The molecule has 0 aliphatic carbocycles. The van der Waals surface area contributed by atoms with Gasteiger partial charge in [-0.2, -0.15) is 27.1 Å². The molecule has 164 valence electrons. The Bertz CT molecular complexity index is 1070. The number of benzene rings is 2. The average Bonchev–Trinajstić information content (AvgIpc) is 3.17. The van der Waals surface area contributed by atoms with E-state index in [1.165, 1.54) is 47.3 Å². The maximum Gasteiger partial charge on any atom is 0.416 e. The van der Waals surface area contributed by atoms with Crippen LogP contribution in [0.25, 0.3) is 0 Å². The summed E-state index contributed by atoms with van der Waals surface area (Å²) in [5, 5.41) is 6.61. The molecule has 0 saturated heterocycles. The fourth-order valence-corrected chi connectivity index (χ4v) is 2.60. The first-order valence-corrected chi connectivity index (χ1v) is 8.82. The van der Waals surface area contributed by atoms with Crippen LogP contribution in [0.5, 0.6) is 11.5 Å². The van der Waals surface area contributed by atoms with Crippen LogP contribution in [0.4, 0.5) is 27.6 Å². The lowest BCUT2D eigenvalue weighted by Gasteiger charge is -2.10. The van der Waals surface area contributed by atoms with Crippen molar-refractivity contribution >= 4 is 11.6 Å². The molecule has 0 unspecified atom stereocenters. The van der Waals surface area contributed by atoms with Crippen molar-refractivity contribution in [2.45, 2.75) is 26.4 Å². The maximum absolute atomic E-state index is 12.8. The number of aromatic nitrogens is 2. The molecule has 0 fully saturated rings. The number of carbonyl (C=O) groups excluding carboxylic acids is 1. The molecule has 1 N–H and O–H groups in total. The van der Waals surface area contributed by atoms with Crippen molar-refractivity contribution in [2.24, 2.45) is 0 Å². The molecule has 1 heterocycles. The molecule has 0 radical (unpaired) electrons. The second-order valence-electron chi connectivity index (χ2n) is 6.35. The number of halogens is 5. The number of ether oxygens (including phenoxy) is 2. The molecule has 2 aromatic carbocycles. The monoisotopic (exact) mass is 441 g/mol. The number of nitrogens with one attached hydrogen (secondary N) is 1. The zero-order valence-corrected chi connectivity index (χ0v) is 16.0. The van der Waals surface area contributed by atoms with Gasteiger partial charge in [-0.25, -0.2) is 4.68 Å². The van der Waals surface area contributed by atoms with Crippen LogP contribution >= 0.6 is 0 Å². The predicted molar refractivity (Wildman–Crippen MR) is 100 cm³/mol. The lowest BCUT2D eigenvalue weighted by Crippen LogP contribution is -2.15. The molecule has 1 aromatic heterocycles. The Labute approximate surface area is 173 Å². The van der Waals surface area contributed by atoms with Crippen LogP contribution in [0.15, 0.2) is 54.7 Å². The van der Waals surface area contributed by atoms with Crippen LogP contribution in [0.3, 0.4) is 0 Å². The summed E-state index contributed by atoms with van der Waals surface area (Å²) in [6.07, 6.45) is -3.06. The fourth-order valence-electron chi connectivity index (χ4n) is 2.60. The minimum Gasteiger partial charge on any atom is -0.471 e. The zero-order valence-electron chi connectivity index (χ0n) is 16.0. The van der Waals surface area contributed by atoms with E-state index in [0.717, 1.165) is 12.1 Å². The van der Waals surface area contributed by atoms with Gasteiger partial charge >= 0.3 is 12.8 Å². The van der Waals surface area contributed by atoms with Gasteiger partial charge in [0.1, 0.15) is 11.5 Å². The first-order chi connectivity index (χ1) is 14.6. The first kappa shape index (κ1) is 22.1. The standard InChI is InChI=1S/C20H16F5N3O3/c1-12-9-15(31-19(21)22)5-6-16(12)26-18(29)17-7-8-28(27-17)11-30-14-4-2-3-13(10-14)20(23,24)25/h2-10,19H,11H2,1H3,(H,26,29). The summed E-state index contributed by atoms with van der Waals surface area (Å²) in [6, 6.07) is 9.84. The highest BCUT2D eigenvalue weighted by Gasteiger charge is 2.30. The Morgan fingerprint density at radius 1 is 1.13 bits per heavy atom. The number of nitrogens with zero attached hydrogens (tertiary/aromatic N) is 2. The third kappa shape index (κ3) is 5.93. The van der Waals surface area contributed by atoms with Crippen molar-refractivity contribution in [3.05, 3.63) is 71.5 Å². The van der Waals surface area contributed by atoms with Crippen molar-refractivity contribution in [1.82, 2.24) is 9.78 Å². The van der Waals surface area contributed by atoms with Gasteiger partial charge in [0, 0.05) is 11.9 Å². The van der Waals surface area contributed by atoms with Crippen molar-refractivity contribution in [2.75, 3.05) is 5.32 Å². The topological polar surface area (TPSA) is 65.4 Å². The smallest absolute Gasteiger partial charge is 0.416 e. The number of amides is 1. The Morgan fingerprint density at radius 3 is 2.58 bits per heavy atom. The Kier molecular flexibility index (Phi) is 6.42. The van der Waals surface area contributed by atoms with Gasteiger partial charge < -0.3 is 14.8 Å². The number of alkyl halides is 5. The fraction of sp³-hybridized carbons (Fsp3) is 0.200. The molecule has 3 aromatic rings. The summed E-state index contributed by atoms with van der Waals surface area (Å²) >= 11 is 0. The van der Waals surface area contributed by atoms with Crippen molar-refractivity contribution < 1.29 is 36.2 Å². The minimum atomic E-state index is -4.49. The Morgan fingerprint density at radius 2 is 1.90 bits per heavy atom. The largest absolute Gasteiger partial charge is 0.471 e. The minimum absolute atomic E-state index is 0.00180. The van der Waals surface area contributed by atoms with Crippen LogP contribution in [0, 0.1) is 6.92 Å². The molecule has 0 saturated carbocycles. The summed E-state index contributed by atoms with van der Waals surface area (Å²) < 4.78 is 73.6. The summed E-state index contributed by atoms with van der Waals surface area (Å²) in [4.78, 5) is 12.4. The molecule has 0 aliphatic rings. The summed E-state index contributed by atoms with van der Waals surface area (Å²) in [5.74, 6) is -0.608. The summed E-state index contributed by atoms with van der Waals surface area (Å²) in [5.41, 5.74) is 0.0611. The van der Waals surface area contributed by atoms with E-state index in [1.54, 1.807) is 6.92 Å². The van der Waals surface area contributed by atoms with E-state index in [0.29, 0.717) is 11.3 Å². The van der Waals surface area contributed by atoms with E-state index in [4.69, 9.17) is 4.74 Å². The molecule has 3 rings (SSSR count). The van der Waals surface area contributed by atoms with Crippen molar-refractivity contribution in [1.29, 1.82) is 0 Å². The van der Waals surface area contributed by atoms with Crippen molar-refractivity contribution in [3.63, 3.8) is 0 Å². The summed E-state index contributed by atoms with van der Waals surface area (Å²) in [7, 11) is 0. The van der Waals surface area contributed by atoms with E-state index in [1.807, 2.05) is 0 Å². The van der Waals surface area contributed by atoms with E-state index >= 15 is 0 Å². The predicted octanol–water partition coefficient (Wildman–Crippen LogP) is 5.10. The lowest BCUT2D eigenvalue weighted by molar-refractivity contribution is -0.137. The molecule has 31 heavy (non-hydrogen) atoms. The highest BCUT2D eigenvalue weighted by atomic mass is 19.4. The van der Waals surface area contributed by atoms with Gasteiger partial charge in [-0.05, 0) is 55.0 Å². The Hall–Kier alpha value is -3.63.